The summed E-state index contributed by atoms with van der Waals surface area (Å²) in [5, 5.41) is 12.3. The van der Waals surface area contributed by atoms with Crippen LogP contribution in [-0.4, -0.2) is 25.4 Å². The molecule has 4 nitrogen and oxygen atoms in total. The predicted octanol–water partition coefficient (Wildman–Crippen LogP) is 4.49. The maximum Gasteiger partial charge on any atom is 0.179 e. The molecule has 5 heteroatoms. The highest BCUT2D eigenvalue weighted by atomic mass is 32.1. The highest BCUT2D eigenvalue weighted by molar-refractivity contribution is 7.14. The molecule has 128 valence electrons. The molecule has 1 aliphatic rings. The van der Waals surface area contributed by atoms with Crippen LogP contribution in [0.15, 0.2) is 47.8 Å². The Morgan fingerprint density at radius 2 is 1.92 bits per heavy atom. The van der Waals surface area contributed by atoms with Gasteiger partial charge in [-0.25, -0.2) is 0 Å². The third kappa shape index (κ3) is 3.03. The van der Waals surface area contributed by atoms with Crippen LogP contribution in [0.3, 0.4) is 0 Å². The number of para-hydroxylation sites is 1. The van der Waals surface area contributed by atoms with Gasteiger partial charge in [-0.2, -0.15) is 0 Å². The zero-order valence-electron chi connectivity index (χ0n) is 13.8. The minimum atomic E-state index is 0.275. The lowest BCUT2D eigenvalue weighted by molar-refractivity contribution is 0.174. The van der Waals surface area contributed by atoms with Crippen molar-refractivity contribution in [2.24, 2.45) is 0 Å². The van der Waals surface area contributed by atoms with Gasteiger partial charge in [0.15, 0.2) is 11.5 Å². The van der Waals surface area contributed by atoms with Gasteiger partial charge in [0.25, 0.3) is 0 Å². The molecule has 25 heavy (non-hydrogen) atoms. The fourth-order valence-corrected chi connectivity index (χ4v) is 3.91. The van der Waals surface area contributed by atoms with E-state index in [0.717, 1.165) is 38.8 Å². The Labute approximate surface area is 150 Å². The van der Waals surface area contributed by atoms with E-state index in [2.05, 4.69) is 0 Å². The van der Waals surface area contributed by atoms with Gasteiger partial charge in [-0.3, -0.25) is 0 Å². The van der Waals surface area contributed by atoms with Crippen molar-refractivity contribution in [3.05, 3.63) is 59.0 Å². The Balaban J connectivity index is 1.71. The van der Waals surface area contributed by atoms with Crippen LogP contribution in [-0.2, 0) is 6.42 Å². The first-order chi connectivity index (χ1) is 12.3. The quantitative estimate of drug-likeness (QED) is 0.750. The summed E-state index contributed by atoms with van der Waals surface area (Å²) in [5.74, 6) is 2.69. The van der Waals surface area contributed by atoms with Crippen molar-refractivity contribution in [3.8, 4) is 33.4 Å². The number of ether oxygens (including phenoxy) is 3. The molecule has 0 bridgehead atoms. The van der Waals surface area contributed by atoms with Crippen molar-refractivity contribution in [2.45, 2.75) is 6.42 Å². The fourth-order valence-electron chi connectivity index (χ4n) is 2.98. The van der Waals surface area contributed by atoms with Crippen molar-refractivity contribution >= 4 is 11.3 Å². The van der Waals surface area contributed by atoms with E-state index in [1.165, 1.54) is 0 Å². The number of aromatic hydroxyl groups is 1. The molecule has 0 amide bonds. The van der Waals surface area contributed by atoms with Crippen molar-refractivity contribution in [1.29, 1.82) is 0 Å². The first kappa shape index (κ1) is 15.8. The van der Waals surface area contributed by atoms with Crippen LogP contribution in [0.2, 0.25) is 0 Å². The van der Waals surface area contributed by atoms with Gasteiger partial charge in [-0.15, -0.1) is 11.3 Å². The van der Waals surface area contributed by atoms with E-state index >= 15 is 0 Å². The number of rotatable bonds is 4. The molecule has 0 saturated heterocycles. The van der Waals surface area contributed by atoms with Crippen LogP contribution in [0.5, 0.6) is 23.0 Å². The van der Waals surface area contributed by atoms with Crippen LogP contribution in [0.1, 0.15) is 11.1 Å². The summed E-state index contributed by atoms with van der Waals surface area (Å²) in [6, 6.07) is 13.5. The van der Waals surface area contributed by atoms with Gasteiger partial charge in [0.2, 0.25) is 0 Å². The standard InChI is InChI=1S/C20H18O4S/c1-22-17-5-3-2-4-13(17)10-15-11-14(6-7-16(15)21)20-19-18(12-25-20)23-8-9-24-19/h2-7,11-12,21H,8-10H2,1H3. The van der Waals surface area contributed by atoms with E-state index in [1.807, 2.05) is 41.8 Å². The Bertz CT molecular complexity index is 900. The predicted molar refractivity (Wildman–Crippen MR) is 98.2 cm³/mol. The lowest BCUT2D eigenvalue weighted by Crippen LogP contribution is -2.14. The SMILES string of the molecule is COc1ccccc1Cc1cc(-c2scc3c2OCCO3)ccc1O. The Morgan fingerprint density at radius 1 is 1.08 bits per heavy atom. The zero-order valence-corrected chi connectivity index (χ0v) is 14.6. The lowest BCUT2D eigenvalue weighted by Gasteiger charge is -2.16. The van der Waals surface area contributed by atoms with Crippen molar-refractivity contribution in [1.82, 2.24) is 0 Å². The van der Waals surface area contributed by atoms with Crippen LogP contribution in [0.25, 0.3) is 10.4 Å². The third-order valence-corrected chi connectivity index (χ3v) is 5.20. The van der Waals surface area contributed by atoms with Gasteiger partial charge in [-0.1, -0.05) is 18.2 Å². The summed E-state index contributed by atoms with van der Waals surface area (Å²) in [4.78, 5) is 1.02. The van der Waals surface area contributed by atoms with Crippen LogP contribution < -0.4 is 14.2 Å². The topological polar surface area (TPSA) is 47.9 Å². The Morgan fingerprint density at radius 3 is 2.80 bits per heavy atom. The zero-order chi connectivity index (χ0) is 17.2. The molecule has 2 heterocycles. The summed E-state index contributed by atoms with van der Waals surface area (Å²) < 4.78 is 16.8. The summed E-state index contributed by atoms with van der Waals surface area (Å²) in [6.45, 7) is 1.14. The monoisotopic (exact) mass is 354 g/mol. The summed E-state index contributed by atoms with van der Waals surface area (Å²) >= 11 is 1.59. The van der Waals surface area contributed by atoms with Gasteiger partial charge in [0.1, 0.15) is 24.7 Å². The van der Waals surface area contributed by atoms with Gasteiger partial charge in [0.05, 0.1) is 12.0 Å². The Kier molecular flexibility index (Phi) is 4.24. The molecular weight excluding hydrogens is 336 g/mol. The van der Waals surface area contributed by atoms with E-state index in [0.29, 0.717) is 19.6 Å². The molecule has 0 aliphatic carbocycles. The molecule has 0 radical (unpaired) electrons. The molecule has 1 aromatic heterocycles. The van der Waals surface area contributed by atoms with Crippen molar-refractivity contribution in [2.75, 3.05) is 20.3 Å². The van der Waals surface area contributed by atoms with E-state index in [-0.39, 0.29) is 5.75 Å². The molecule has 0 atom stereocenters. The first-order valence-corrected chi connectivity index (χ1v) is 8.95. The molecule has 1 aliphatic heterocycles. The van der Waals surface area contributed by atoms with Crippen LogP contribution in [0.4, 0.5) is 0 Å². The van der Waals surface area contributed by atoms with E-state index in [9.17, 15) is 5.11 Å². The number of thiophene rings is 1. The number of phenolic OH excluding ortho intramolecular Hbond substituents is 1. The molecule has 1 N–H and O–H groups in total. The number of hydrogen-bond acceptors (Lipinski definition) is 5. The molecule has 0 fully saturated rings. The molecule has 4 rings (SSSR count). The summed E-state index contributed by atoms with van der Waals surface area (Å²) in [5.41, 5.74) is 2.89. The van der Waals surface area contributed by atoms with E-state index in [4.69, 9.17) is 14.2 Å². The summed E-state index contributed by atoms with van der Waals surface area (Å²) in [6.07, 6.45) is 0.592. The highest BCUT2D eigenvalue weighted by Crippen LogP contribution is 2.46. The van der Waals surface area contributed by atoms with Gasteiger partial charge >= 0.3 is 0 Å². The highest BCUT2D eigenvalue weighted by Gasteiger charge is 2.20. The Hall–Kier alpha value is -2.66. The smallest absolute Gasteiger partial charge is 0.179 e. The third-order valence-electron chi connectivity index (χ3n) is 4.22. The summed E-state index contributed by atoms with van der Waals surface area (Å²) in [7, 11) is 1.66. The molecule has 2 aromatic carbocycles. The molecule has 3 aromatic rings. The van der Waals surface area contributed by atoms with E-state index in [1.54, 1.807) is 24.5 Å². The largest absolute Gasteiger partial charge is 0.508 e. The molecule has 0 saturated carbocycles. The molecular formula is C20H18O4S. The van der Waals surface area contributed by atoms with Crippen LogP contribution >= 0.6 is 11.3 Å². The number of fused-ring (bicyclic) bond motifs is 1. The second-order valence-electron chi connectivity index (χ2n) is 5.79. The van der Waals surface area contributed by atoms with Crippen LogP contribution in [0, 0.1) is 0 Å². The fraction of sp³-hybridized carbons (Fsp3) is 0.200. The van der Waals surface area contributed by atoms with Gasteiger partial charge in [-0.05, 0) is 41.0 Å². The maximum atomic E-state index is 10.3. The maximum absolute atomic E-state index is 10.3. The molecule has 0 spiro atoms. The average Bonchev–Trinajstić information content (AvgIpc) is 3.08. The number of phenols is 1. The second-order valence-corrected chi connectivity index (χ2v) is 6.67. The first-order valence-electron chi connectivity index (χ1n) is 8.07. The average molecular weight is 354 g/mol. The van der Waals surface area contributed by atoms with Crippen molar-refractivity contribution < 1.29 is 19.3 Å². The van der Waals surface area contributed by atoms with Gasteiger partial charge < -0.3 is 19.3 Å². The normalized spacial score (nSPS) is 12.8. The van der Waals surface area contributed by atoms with Gasteiger partial charge in [0, 0.05) is 11.8 Å². The van der Waals surface area contributed by atoms with Crippen molar-refractivity contribution in [3.63, 3.8) is 0 Å². The molecule has 0 unspecified atom stereocenters. The number of methoxy groups -OCH3 is 1. The second kappa shape index (κ2) is 6.69. The van der Waals surface area contributed by atoms with E-state index < -0.39 is 0 Å². The number of benzene rings is 2. The minimum absolute atomic E-state index is 0.275. The lowest BCUT2D eigenvalue weighted by atomic mass is 10.0. The number of hydrogen-bond donors (Lipinski definition) is 1. The minimum Gasteiger partial charge on any atom is -0.508 e.